The molecule has 1 rings (SSSR count). The van der Waals surface area contributed by atoms with Crippen molar-refractivity contribution in [3.05, 3.63) is 22.7 Å². The number of rotatable bonds is 19. The van der Waals surface area contributed by atoms with E-state index in [9.17, 15) is 19.5 Å². The molecule has 0 unspecified atom stereocenters. The molecule has 1 aliphatic carbocycles. The van der Waals surface area contributed by atoms with Crippen molar-refractivity contribution in [1.29, 1.82) is 5.41 Å². The minimum atomic E-state index is -0.855. The number of Topliss-reactive ketones (excluding diaryl/α,β-unsaturated/α-hetero) is 2. The minimum absolute atomic E-state index is 0.00717. The molecule has 10 nitrogen and oxygen atoms in total. The van der Waals surface area contributed by atoms with Gasteiger partial charge in [-0.1, -0.05) is 38.5 Å². The van der Waals surface area contributed by atoms with Crippen LogP contribution in [0.25, 0.3) is 0 Å². The molecule has 0 fully saturated rings. The molecule has 0 aliphatic heterocycles. The van der Waals surface area contributed by atoms with Gasteiger partial charge >= 0.3 is 5.97 Å². The number of aliphatic carboxylic acids is 1. The largest absolute Gasteiger partial charge is 0.489 e. The number of carboxylic acids is 1. The molecule has 0 amide bonds. The number of nitrogens with one attached hydrogen (secondary N) is 3. The average molecular weight is 495 g/mol. The highest BCUT2D eigenvalue weighted by molar-refractivity contribution is 6.23. The van der Waals surface area contributed by atoms with Crippen molar-refractivity contribution in [3.63, 3.8) is 0 Å². The highest BCUT2D eigenvalue weighted by atomic mass is 16.5. The normalized spacial score (nSPS) is 14.8. The third-order valence-electron chi connectivity index (χ3n) is 6.12. The molecule has 198 valence electrons. The van der Waals surface area contributed by atoms with E-state index in [0.717, 1.165) is 51.4 Å². The van der Waals surface area contributed by atoms with Crippen LogP contribution >= 0.6 is 0 Å². The van der Waals surface area contributed by atoms with E-state index in [0.29, 0.717) is 43.5 Å². The molecule has 0 bridgehead atoms. The molecule has 0 spiro atoms. The van der Waals surface area contributed by atoms with Crippen molar-refractivity contribution >= 4 is 23.5 Å². The number of nitrogens with two attached hydrogens (primary N) is 1. The molecule has 1 aliphatic rings. The first-order chi connectivity index (χ1) is 16.7. The fourth-order valence-electron chi connectivity index (χ4n) is 4.10. The fraction of sp³-hybridized carbons (Fsp3) is 0.680. The van der Waals surface area contributed by atoms with Gasteiger partial charge in [-0.25, -0.2) is 0 Å². The van der Waals surface area contributed by atoms with E-state index < -0.39 is 12.0 Å². The van der Waals surface area contributed by atoms with Gasteiger partial charge < -0.3 is 30.9 Å². The van der Waals surface area contributed by atoms with Crippen LogP contribution in [0, 0.1) is 5.41 Å². The van der Waals surface area contributed by atoms with Crippen LogP contribution in [0.4, 0.5) is 0 Å². The Kier molecular flexibility index (Phi) is 14.4. The van der Waals surface area contributed by atoms with Crippen LogP contribution in [0.15, 0.2) is 22.7 Å². The number of carbonyl (C=O) groups is 3. The lowest BCUT2D eigenvalue weighted by molar-refractivity contribution is -0.139. The molecule has 10 heteroatoms. The van der Waals surface area contributed by atoms with E-state index in [-0.39, 0.29) is 29.0 Å². The van der Waals surface area contributed by atoms with Gasteiger partial charge in [-0.2, -0.15) is 0 Å². The molecule has 0 aromatic heterocycles. The first-order valence-electron chi connectivity index (χ1n) is 12.4. The van der Waals surface area contributed by atoms with Gasteiger partial charge in [0, 0.05) is 17.7 Å². The monoisotopic (exact) mass is 494 g/mol. The summed E-state index contributed by atoms with van der Waals surface area (Å²) >= 11 is 0. The molecule has 1 atom stereocenters. The number of ether oxygens (including phenoxy) is 2. The van der Waals surface area contributed by atoms with E-state index in [2.05, 4.69) is 10.6 Å². The number of guanidine groups is 1. The van der Waals surface area contributed by atoms with Crippen LogP contribution in [0.1, 0.15) is 77.6 Å². The number of methoxy groups -OCH3 is 2. The van der Waals surface area contributed by atoms with E-state index in [1.807, 2.05) is 0 Å². The third-order valence-corrected chi connectivity index (χ3v) is 6.12. The zero-order valence-electron chi connectivity index (χ0n) is 21.3. The highest BCUT2D eigenvalue weighted by Crippen LogP contribution is 2.28. The summed E-state index contributed by atoms with van der Waals surface area (Å²) in [6.07, 6.45) is 9.86. The first kappa shape index (κ1) is 30.2. The van der Waals surface area contributed by atoms with Crippen LogP contribution in [-0.4, -0.2) is 62.0 Å². The van der Waals surface area contributed by atoms with Crippen LogP contribution in [-0.2, 0) is 23.9 Å². The number of carbonyl (C=O) groups excluding carboxylic acids is 2. The van der Waals surface area contributed by atoms with Crippen molar-refractivity contribution < 1.29 is 29.0 Å². The average Bonchev–Trinajstić information content (AvgIpc) is 2.82. The number of allylic oxidation sites excluding steroid dienone is 2. The van der Waals surface area contributed by atoms with Crippen LogP contribution < -0.4 is 16.4 Å². The number of hydrogen-bond acceptors (Lipinski definition) is 7. The molecule has 6 N–H and O–H groups in total. The highest BCUT2D eigenvalue weighted by Gasteiger charge is 2.34. The summed E-state index contributed by atoms with van der Waals surface area (Å²) < 4.78 is 10.2. The van der Waals surface area contributed by atoms with Gasteiger partial charge in [0.05, 0.1) is 14.2 Å². The second-order valence-electron chi connectivity index (χ2n) is 8.73. The lowest BCUT2D eigenvalue weighted by Gasteiger charge is -2.20. The lowest BCUT2D eigenvalue weighted by Crippen LogP contribution is -2.38. The summed E-state index contributed by atoms with van der Waals surface area (Å²) in [5.41, 5.74) is 6.18. The van der Waals surface area contributed by atoms with Crippen LogP contribution in [0.5, 0.6) is 0 Å². The van der Waals surface area contributed by atoms with Crippen molar-refractivity contribution in [1.82, 2.24) is 10.6 Å². The number of carboxylic acid groups (broad SMARTS) is 1. The van der Waals surface area contributed by atoms with E-state index in [4.69, 9.17) is 20.6 Å². The van der Waals surface area contributed by atoms with E-state index in [1.165, 1.54) is 14.2 Å². The first-order valence-corrected chi connectivity index (χ1v) is 12.4. The molecule has 0 saturated carbocycles. The SMILES string of the molecule is COC1=C(OC)C(=O)C(CCCCCCCCCCN[C@@H](CCCNC(=N)N)C(=O)O)=C(C)C1=O. The summed E-state index contributed by atoms with van der Waals surface area (Å²) in [4.78, 5) is 36.3. The molecule has 0 heterocycles. The standard InChI is InChI=1S/C25H42N4O6/c1-17-18(21(31)23(35-3)22(34-2)20(17)30)13-10-8-6-4-5-7-9-11-15-28-19(24(32)33)14-12-16-29-25(26)27/h19,28H,4-16H2,1-3H3,(H,32,33)(H4,26,27,29)/t19-/m0/s1. The summed E-state index contributed by atoms with van der Waals surface area (Å²) in [5.74, 6) is -1.53. The summed E-state index contributed by atoms with van der Waals surface area (Å²) in [6.45, 7) is 2.83. The number of hydrogen-bond donors (Lipinski definition) is 5. The zero-order valence-corrected chi connectivity index (χ0v) is 21.3. The fourth-order valence-corrected chi connectivity index (χ4v) is 4.10. The molecular weight excluding hydrogens is 452 g/mol. The molecular formula is C25H42N4O6. The predicted octanol–water partition coefficient (Wildman–Crippen LogP) is 2.78. The maximum Gasteiger partial charge on any atom is 0.320 e. The summed E-state index contributed by atoms with van der Waals surface area (Å²) in [7, 11) is 2.73. The van der Waals surface area contributed by atoms with E-state index >= 15 is 0 Å². The molecule has 0 aromatic carbocycles. The Bertz CT molecular complexity index is 806. The van der Waals surface area contributed by atoms with Crippen molar-refractivity contribution in [2.24, 2.45) is 5.73 Å². The maximum absolute atomic E-state index is 12.6. The quantitative estimate of drug-likeness (QED) is 0.0786. The van der Waals surface area contributed by atoms with Crippen molar-refractivity contribution in [2.75, 3.05) is 27.3 Å². The number of unbranched alkanes of at least 4 members (excludes halogenated alkanes) is 7. The molecule has 0 aromatic rings. The van der Waals surface area contributed by atoms with Crippen molar-refractivity contribution in [2.45, 2.75) is 83.6 Å². The Balaban J connectivity index is 2.14. The predicted molar refractivity (Wildman–Crippen MR) is 134 cm³/mol. The Labute approximate surface area is 208 Å². The third kappa shape index (κ3) is 10.5. The Morgan fingerprint density at radius 1 is 0.914 bits per heavy atom. The summed E-state index contributed by atoms with van der Waals surface area (Å²) in [5, 5.41) is 22.2. The second-order valence-corrected chi connectivity index (χ2v) is 8.73. The second kappa shape index (κ2) is 16.7. The smallest absolute Gasteiger partial charge is 0.320 e. The van der Waals surface area contributed by atoms with Gasteiger partial charge in [-0.15, -0.1) is 0 Å². The number of ketones is 2. The molecule has 0 saturated heterocycles. The van der Waals surface area contributed by atoms with E-state index in [1.54, 1.807) is 6.92 Å². The van der Waals surface area contributed by atoms with Crippen molar-refractivity contribution in [3.8, 4) is 0 Å². The Morgan fingerprint density at radius 3 is 2.00 bits per heavy atom. The topological polar surface area (TPSA) is 164 Å². The van der Waals surface area contributed by atoms with Crippen LogP contribution in [0.2, 0.25) is 0 Å². The lowest BCUT2D eigenvalue weighted by atomic mass is 9.89. The van der Waals surface area contributed by atoms with Gasteiger partial charge in [0.25, 0.3) is 0 Å². The molecule has 0 radical (unpaired) electrons. The molecule has 35 heavy (non-hydrogen) atoms. The summed E-state index contributed by atoms with van der Waals surface area (Å²) in [6, 6.07) is -0.578. The Hall–Kier alpha value is -2.88. The van der Waals surface area contributed by atoms with Gasteiger partial charge in [-0.3, -0.25) is 19.8 Å². The van der Waals surface area contributed by atoms with Gasteiger partial charge in [0.15, 0.2) is 5.96 Å². The van der Waals surface area contributed by atoms with Gasteiger partial charge in [0.2, 0.25) is 23.1 Å². The van der Waals surface area contributed by atoms with Gasteiger partial charge in [0.1, 0.15) is 6.04 Å². The van der Waals surface area contributed by atoms with Gasteiger partial charge in [-0.05, 0) is 45.6 Å². The van der Waals surface area contributed by atoms with Crippen LogP contribution in [0.3, 0.4) is 0 Å². The minimum Gasteiger partial charge on any atom is -0.489 e. The Morgan fingerprint density at radius 2 is 1.46 bits per heavy atom. The maximum atomic E-state index is 12.6. The zero-order chi connectivity index (χ0) is 26.2.